The van der Waals surface area contributed by atoms with Crippen LogP contribution in [0.25, 0.3) is 0 Å². The summed E-state index contributed by atoms with van der Waals surface area (Å²) in [5.74, 6) is 1.28. The molecule has 19 heavy (non-hydrogen) atoms. The van der Waals surface area contributed by atoms with Gasteiger partial charge in [-0.15, -0.1) is 12.4 Å². The van der Waals surface area contributed by atoms with Gasteiger partial charge in [0.25, 0.3) is 0 Å². The quantitative estimate of drug-likeness (QED) is 0.674. The van der Waals surface area contributed by atoms with Crippen LogP contribution >= 0.6 is 12.4 Å². The van der Waals surface area contributed by atoms with Crippen molar-refractivity contribution in [3.05, 3.63) is 0 Å². The zero-order valence-electron chi connectivity index (χ0n) is 12.3. The summed E-state index contributed by atoms with van der Waals surface area (Å²) in [7, 11) is 0. The van der Waals surface area contributed by atoms with Crippen molar-refractivity contribution in [1.29, 1.82) is 0 Å². The van der Waals surface area contributed by atoms with Crippen molar-refractivity contribution in [2.75, 3.05) is 13.1 Å². The number of nitrogens with one attached hydrogen (secondary N) is 1. The highest BCUT2D eigenvalue weighted by atomic mass is 35.5. The maximum absolute atomic E-state index is 12.1. The van der Waals surface area contributed by atoms with Crippen molar-refractivity contribution < 1.29 is 4.79 Å². The lowest BCUT2D eigenvalue weighted by molar-refractivity contribution is -0.125. The first-order valence-corrected chi connectivity index (χ1v) is 7.75. The molecule has 1 saturated carbocycles. The Morgan fingerprint density at radius 2 is 2.00 bits per heavy atom. The van der Waals surface area contributed by atoms with Gasteiger partial charge in [-0.05, 0) is 31.7 Å². The molecule has 4 heteroatoms. The first kappa shape index (κ1) is 18.7. The van der Waals surface area contributed by atoms with Crippen LogP contribution in [-0.4, -0.2) is 19.0 Å². The van der Waals surface area contributed by atoms with Gasteiger partial charge in [-0.2, -0.15) is 0 Å². The molecule has 0 bridgehead atoms. The molecule has 114 valence electrons. The molecule has 0 radical (unpaired) electrons. The van der Waals surface area contributed by atoms with Gasteiger partial charge >= 0.3 is 0 Å². The maximum Gasteiger partial charge on any atom is 0.223 e. The van der Waals surface area contributed by atoms with E-state index in [0.29, 0.717) is 6.54 Å². The van der Waals surface area contributed by atoms with E-state index < -0.39 is 0 Å². The number of carbonyl (C=O) groups excluding carboxylic acids is 1. The van der Waals surface area contributed by atoms with Crippen molar-refractivity contribution in [3.63, 3.8) is 0 Å². The Hall–Kier alpha value is -0.280. The number of halogens is 1. The first-order chi connectivity index (χ1) is 8.77. The number of hydrogen-bond donors (Lipinski definition) is 2. The topological polar surface area (TPSA) is 55.1 Å². The average Bonchev–Trinajstić information content (AvgIpc) is 2.39. The summed E-state index contributed by atoms with van der Waals surface area (Å²) in [6.07, 6.45) is 10.9. The molecule has 0 saturated heterocycles. The predicted octanol–water partition coefficient (Wildman–Crippen LogP) is 3.26. The number of nitrogens with two attached hydrogens (primary N) is 1. The van der Waals surface area contributed by atoms with Crippen LogP contribution in [0.1, 0.15) is 64.7 Å². The lowest BCUT2D eigenvalue weighted by atomic mass is 9.81. The molecular weight excluding hydrogens is 260 g/mol. The van der Waals surface area contributed by atoms with E-state index in [1.165, 1.54) is 32.1 Å². The normalized spacial score (nSPS) is 17.6. The van der Waals surface area contributed by atoms with Crippen molar-refractivity contribution >= 4 is 18.3 Å². The fourth-order valence-electron chi connectivity index (χ4n) is 2.99. The molecule has 1 fully saturated rings. The van der Waals surface area contributed by atoms with E-state index in [9.17, 15) is 4.79 Å². The molecule has 0 aromatic heterocycles. The van der Waals surface area contributed by atoms with Crippen molar-refractivity contribution in [1.82, 2.24) is 5.32 Å². The van der Waals surface area contributed by atoms with Crippen LogP contribution in [0.2, 0.25) is 0 Å². The van der Waals surface area contributed by atoms with Gasteiger partial charge in [0.1, 0.15) is 0 Å². The van der Waals surface area contributed by atoms with Crippen LogP contribution in [0, 0.1) is 11.8 Å². The zero-order chi connectivity index (χ0) is 13.2. The van der Waals surface area contributed by atoms with E-state index in [-0.39, 0.29) is 24.2 Å². The standard InChI is InChI=1S/C15H30N2O.ClH/c1-2-7-14(15(18)17-11-6-10-16)12-13-8-4-3-5-9-13;/h13-14H,2-12,16H2,1H3,(H,17,18);1H. The summed E-state index contributed by atoms with van der Waals surface area (Å²) >= 11 is 0. The summed E-state index contributed by atoms with van der Waals surface area (Å²) in [5.41, 5.74) is 5.45. The molecule has 1 atom stereocenters. The molecule has 0 aliphatic heterocycles. The monoisotopic (exact) mass is 290 g/mol. The molecule has 0 spiro atoms. The Balaban J connectivity index is 0.00000324. The highest BCUT2D eigenvalue weighted by molar-refractivity contribution is 5.85. The Morgan fingerprint density at radius 1 is 1.32 bits per heavy atom. The first-order valence-electron chi connectivity index (χ1n) is 7.75. The fraction of sp³-hybridized carbons (Fsp3) is 0.933. The van der Waals surface area contributed by atoms with E-state index in [1.54, 1.807) is 0 Å². The minimum absolute atomic E-state index is 0. The van der Waals surface area contributed by atoms with Gasteiger partial charge in [0, 0.05) is 12.5 Å². The van der Waals surface area contributed by atoms with E-state index in [4.69, 9.17) is 5.73 Å². The van der Waals surface area contributed by atoms with E-state index in [2.05, 4.69) is 12.2 Å². The molecule has 3 nitrogen and oxygen atoms in total. The number of carbonyl (C=O) groups is 1. The SMILES string of the molecule is CCCC(CC1CCCCC1)C(=O)NCCCN.Cl. The summed E-state index contributed by atoms with van der Waals surface area (Å²) in [6.45, 7) is 3.56. The molecule has 0 aromatic carbocycles. The Kier molecular flexibility index (Phi) is 11.4. The predicted molar refractivity (Wildman–Crippen MR) is 83.5 cm³/mol. The van der Waals surface area contributed by atoms with Crippen LogP contribution in [0.15, 0.2) is 0 Å². The molecule has 3 N–H and O–H groups in total. The number of rotatable bonds is 8. The third kappa shape index (κ3) is 7.78. The smallest absolute Gasteiger partial charge is 0.223 e. The average molecular weight is 291 g/mol. The minimum atomic E-state index is 0. The number of hydrogen-bond acceptors (Lipinski definition) is 2. The lowest BCUT2D eigenvalue weighted by Crippen LogP contribution is -2.33. The fourth-order valence-corrected chi connectivity index (χ4v) is 2.99. The molecule has 1 amide bonds. The van der Waals surface area contributed by atoms with E-state index in [0.717, 1.165) is 38.1 Å². The van der Waals surface area contributed by atoms with E-state index in [1.807, 2.05) is 0 Å². The van der Waals surface area contributed by atoms with Crippen LogP contribution in [0.4, 0.5) is 0 Å². The van der Waals surface area contributed by atoms with Gasteiger partial charge in [-0.25, -0.2) is 0 Å². The summed E-state index contributed by atoms with van der Waals surface area (Å²) in [4.78, 5) is 12.1. The second-order valence-electron chi connectivity index (χ2n) is 5.66. The lowest BCUT2D eigenvalue weighted by Gasteiger charge is -2.26. The van der Waals surface area contributed by atoms with Crippen molar-refractivity contribution in [3.8, 4) is 0 Å². The van der Waals surface area contributed by atoms with Crippen LogP contribution < -0.4 is 11.1 Å². The molecule has 1 rings (SSSR count). The minimum Gasteiger partial charge on any atom is -0.356 e. The van der Waals surface area contributed by atoms with Gasteiger partial charge in [0.2, 0.25) is 5.91 Å². The molecule has 0 aromatic rings. The molecule has 1 unspecified atom stereocenters. The van der Waals surface area contributed by atoms with Crippen molar-refractivity contribution in [2.45, 2.75) is 64.7 Å². The van der Waals surface area contributed by atoms with Crippen molar-refractivity contribution in [2.24, 2.45) is 17.6 Å². The van der Waals surface area contributed by atoms with Gasteiger partial charge in [0.15, 0.2) is 0 Å². The van der Waals surface area contributed by atoms with Gasteiger partial charge < -0.3 is 11.1 Å². The maximum atomic E-state index is 12.1. The zero-order valence-corrected chi connectivity index (χ0v) is 13.1. The molecular formula is C15H31ClN2O. The Bertz CT molecular complexity index is 230. The summed E-state index contributed by atoms with van der Waals surface area (Å²) in [6, 6.07) is 0. The summed E-state index contributed by atoms with van der Waals surface area (Å²) < 4.78 is 0. The number of amides is 1. The largest absolute Gasteiger partial charge is 0.356 e. The molecule has 0 heterocycles. The second-order valence-corrected chi connectivity index (χ2v) is 5.66. The van der Waals surface area contributed by atoms with Gasteiger partial charge in [-0.1, -0.05) is 45.4 Å². The van der Waals surface area contributed by atoms with E-state index >= 15 is 0 Å². The van der Waals surface area contributed by atoms with Gasteiger partial charge in [0.05, 0.1) is 0 Å². The third-order valence-corrected chi connectivity index (χ3v) is 4.03. The third-order valence-electron chi connectivity index (χ3n) is 4.03. The highest BCUT2D eigenvalue weighted by Gasteiger charge is 2.23. The molecule has 1 aliphatic carbocycles. The van der Waals surface area contributed by atoms with Crippen LogP contribution in [-0.2, 0) is 4.79 Å². The second kappa shape index (κ2) is 11.5. The van der Waals surface area contributed by atoms with Gasteiger partial charge in [-0.3, -0.25) is 4.79 Å². The Labute approximate surface area is 124 Å². The highest BCUT2D eigenvalue weighted by Crippen LogP contribution is 2.30. The van der Waals surface area contributed by atoms with Crippen LogP contribution in [0.5, 0.6) is 0 Å². The Morgan fingerprint density at radius 3 is 2.58 bits per heavy atom. The summed E-state index contributed by atoms with van der Waals surface area (Å²) in [5, 5.41) is 3.04. The molecule has 1 aliphatic rings. The van der Waals surface area contributed by atoms with Crippen LogP contribution in [0.3, 0.4) is 0 Å².